The lowest BCUT2D eigenvalue weighted by Gasteiger charge is -2.07. The fourth-order valence-electron chi connectivity index (χ4n) is 1.27. The highest BCUT2D eigenvalue weighted by Gasteiger charge is 1.97. The highest BCUT2D eigenvalue weighted by molar-refractivity contribution is 9.10. The molecule has 0 radical (unpaired) electrons. The highest BCUT2D eigenvalue weighted by atomic mass is 79.9. The first-order valence-corrected chi connectivity index (χ1v) is 6.51. The SMILES string of the molecule is Cc1cc(OCCCCCCl)ccc1Br. The molecule has 0 unspecified atom stereocenters. The molecule has 0 atom stereocenters. The summed E-state index contributed by atoms with van der Waals surface area (Å²) in [5, 5.41) is 0. The van der Waals surface area contributed by atoms with Crippen molar-refractivity contribution in [2.45, 2.75) is 26.2 Å². The molecule has 15 heavy (non-hydrogen) atoms. The summed E-state index contributed by atoms with van der Waals surface area (Å²) in [5.41, 5.74) is 1.20. The third-order valence-corrected chi connectivity index (χ3v) is 3.33. The summed E-state index contributed by atoms with van der Waals surface area (Å²) in [6, 6.07) is 6.05. The van der Waals surface area contributed by atoms with E-state index in [0.717, 1.165) is 42.0 Å². The third kappa shape index (κ3) is 4.89. The molecule has 0 bridgehead atoms. The van der Waals surface area contributed by atoms with Crippen molar-refractivity contribution in [3.8, 4) is 5.75 Å². The molecular weight excluding hydrogens is 275 g/mol. The number of ether oxygens (including phenoxy) is 1. The lowest BCUT2D eigenvalue weighted by molar-refractivity contribution is 0.306. The normalized spacial score (nSPS) is 10.3. The van der Waals surface area contributed by atoms with Crippen LogP contribution in [0.25, 0.3) is 0 Å². The maximum Gasteiger partial charge on any atom is 0.119 e. The Bertz CT molecular complexity index is 302. The summed E-state index contributed by atoms with van der Waals surface area (Å²) in [7, 11) is 0. The van der Waals surface area contributed by atoms with Gasteiger partial charge in [0.1, 0.15) is 5.75 Å². The predicted octanol–water partition coefficient (Wildman–Crippen LogP) is 4.55. The van der Waals surface area contributed by atoms with E-state index in [9.17, 15) is 0 Å². The summed E-state index contributed by atoms with van der Waals surface area (Å²) < 4.78 is 6.75. The van der Waals surface area contributed by atoms with E-state index in [1.54, 1.807) is 0 Å². The van der Waals surface area contributed by atoms with Crippen molar-refractivity contribution in [3.05, 3.63) is 28.2 Å². The van der Waals surface area contributed by atoms with Crippen LogP contribution in [0.2, 0.25) is 0 Å². The minimum absolute atomic E-state index is 0.747. The molecule has 0 fully saturated rings. The van der Waals surface area contributed by atoms with E-state index in [-0.39, 0.29) is 0 Å². The van der Waals surface area contributed by atoms with E-state index in [1.165, 1.54) is 5.56 Å². The Balaban J connectivity index is 2.28. The Morgan fingerprint density at radius 1 is 1.27 bits per heavy atom. The van der Waals surface area contributed by atoms with Gasteiger partial charge in [0.15, 0.2) is 0 Å². The smallest absolute Gasteiger partial charge is 0.119 e. The molecule has 1 aromatic carbocycles. The summed E-state index contributed by atoms with van der Waals surface area (Å²) in [6.45, 7) is 2.84. The standard InChI is InChI=1S/C12H16BrClO/c1-10-9-11(5-6-12(10)13)15-8-4-2-3-7-14/h5-6,9H,2-4,7-8H2,1H3. The van der Waals surface area contributed by atoms with E-state index in [0.29, 0.717) is 0 Å². The van der Waals surface area contributed by atoms with Gasteiger partial charge in [0.05, 0.1) is 6.61 Å². The highest BCUT2D eigenvalue weighted by Crippen LogP contribution is 2.21. The second-order valence-corrected chi connectivity index (χ2v) is 4.74. The minimum atomic E-state index is 0.747. The molecule has 1 nitrogen and oxygen atoms in total. The third-order valence-electron chi connectivity index (χ3n) is 2.18. The van der Waals surface area contributed by atoms with Crippen molar-refractivity contribution in [1.82, 2.24) is 0 Å². The maximum absolute atomic E-state index is 5.62. The lowest BCUT2D eigenvalue weighted by atomic mass is 10.2. The van der Waals surface area contributed by atoms with Gasteiger partial charge in [-0.25, -0.2) is 0 Å². The van der Waals surface area contributed by atoms with Crippen LogP contribution in [0.3, 0.4) is 0 Å². The van der Waals surface area contributed by atoms with Crippen LogP contribution in [0.1, 0.15) is 24.8 Å². The van der Waals surface area contributed by atoms with Crippen LogP contribution in [0.5, 0.6) is 5.75 Å². The number of halogens is 2. The number of unbranched alkanes of at least 4 members (excludes halogenated alkanes) is 2. The average molecular weight is 292 g/mol. The number of hydrogen-bond acceptors (Lipinski definition) is 1. The molecule has 0 N–H and O–H groups in total. The Hall–Kier alpha value is -0.210. The van der Waals surface area contributed by atoms with Crippen LogP contribution in [-0.4, -0.2) is 12.5 Å². The van der Waals surface area contributed by atoms with Gasteiger partial charge in [0.25, 0.3) is 0 Å². The maximum atomic E-state index is 5.62. The van der Waals surface area contributed by atoms with E-state index in [2.05, 4.69) is 22.9 Å². The monoisotopic (exact) mass is 290 g/mol. The van der Waals surface area contributed by atoms with Crippen LogP contribution in [-0.2, 0) is 0 Å². The molecule has 0 aliphatic carbocycles. The van der Waals surface area contributed by atoms with Crippen molar-refractivity contribution < 1.29 is 4.74 Å². The van der Waals surface area contributed by atoms with Gasteiger partial charge in [-0.3, -0.25) is 0 Å². The molecule has 0 aliphatic heterocycles. The van der Waals surface area contributed by atoms with Crippen molar-refractivity contribution in [2.75, 3.05) is 12.5 Å². The summed E-state index contributed by atoms with van der Waals surface area (Å²) in [6.07, 6.45) is 3.28. The van der Waals surface area contributed by atoms with Crippen molar-refractivity contribution >= 4 is 27.5 Å². The Morgan fingerprint density at radius 2 is 2.07 bits per heavy atom. The van der Waals surface area contributed by atoms with Crippen LogP contribution < -0.4 is 4.74 Å². The van der Waals surface area contributed by atoms with Gasteiger partial charge in [0, 0.05) is 10.4 Å². The molecule has 1 aromatic rings. The largest absolute Gasteiger partial charge is 0.494 e. The van der Waals surface area contributed by atoms with Gasteiger partial charge in [-0.15, -0.1) is 11.6 Å². The second-order valence-electron chi connectivity index (χ2n) is 3.51. The van der Waals surface area contributed by atoms with Crippen LogP contribution >= 0.6 is 27.5 Å². The van der Waals surface area contributed by atoms with Crippen LogP contribution in [0.4, 0.5) is 0 Å². The molecule has 0 aliphatic rings. The summed E-state index contributed by atoms with van der Waals surface area (Å²) >= 11 is 9.05. The van der Waals surface area contributed by atoms with Crippen molar-refractivity contribution in [3.63, 3.8) is 0 Å². The van der Waals surface area contributed by atoms with Gasteiger partial charge >= 0.3 is 0 Å². The molecule has 0 spiro atoms. The molecular formula is C12H16BrClO. The van der Waals surface area contributed by atoms with Crippen molar-refractivity contribution in [2.24, 2.45) is 0 Å². The number of hydrogen-bond donors (Lipinski definition) is 0. The van der Waals surface area contributed by atoms with Gasteiger partial charge in [-0.1, -0.05) is 15.9 Å². The predicted molar refractivity (Wildman–Crippen MR) is 68.9 cm³/mol. The minimum Gasteiger partial charge on any atom is -0.494 e. The molecule has 0 amide bonds. The van der Waals surface area contributed by atoms with E-state index in [4.69, 9.17) is 16.3 Å². The zero-order valence-corrected chi connectivity index (χ0v) is 11.3. The van der Waals surface area contributed by atoms with Gasteiger partial charge in [-0.2, -0.15) is 0 Å². The van der Waals surface area contributed by atoms with Gasteiger partial charge in [0.2, 0.25) is 0 Å². The fourth-order valence-corrected chi connectivity index (χ4v) is 1.71. The zero-order valence-electron chi connectivity index (χ0n) is 8.93. The topological polar surface area (TPSA) is 9.23 Å². The number of rotatable bonds is 6. The second kappa shape index (κ2) is 7.13. The molecule has 3 heteroatoms. The quantitative estimate of drug-likeness (QED) is 0.552. The summed E-state index contributed by atoms with van der Waals surface area (Å²) in [5.74, 6) is 1.69. The first-order chi connectivity index (χ1) is 7.24. The van der Waals surface area contributed by atoms with Crippen molar-refractivity contribution in [1.29, 1.82) is 0 Å². The van der Waals surface area contributed by atoms with E-state index >= 15 is 0 Å². The summed E-state index contributed by atoms with van der Waals surface area (Å²) in [4.78, 5) is 0. The Kier molecular flexibility index (Phi) is 6.11. The molecule has 0 saturated heterocycles. The lowest BCUT2D eigenvalue weighted by Crippen LogP contribution is -1.97. The first-order valence-electron chi connectivity index (χ1n) is 5.19. The Morgan fingerprint density at radius 3 is 2.73 bits per heavy atom. The molecule has 84 valence electrons. The van der Waals surface area contributed by atoms with Gasteiger partial charge in [-0.05, 0) is 49.9 Å². The molecule has 0 saturated carbocycles. The van der Waals surface area contributed by atoms with Crippen LogP contribution in [0, 0.1) is 6.92 Å². The number of alkyl halides is 1. The fraction of sp³-hybridized carbons (Fsp3) is 0.500. The number of aryl methyl sites for hydroxylation is 1. The molecule has 0 heterocycles. The van der Waals surface area contributed by atoms with E-state index < -0.39 is 0 Å². The van der Waals surface area contributed by atoms with E-state index in [1.807, 2.05) is 18.2 Å². The van der Waals surface area contributed by atoms with Gasteiger partial charge < -0.3 is 4.74 Å². The average Bonchev–Trinajstić information content (AvgIpc) is 2.23. The first kappa shape index (κ1) is 12.9. The number of benzene rings is 1. The molecule has 1 rings (SSSR count). The van der Waals surface area contributed by atoms with Crippen LogP contribution in [0.15, 0.2) is 22.7 Å². The zero-order chi connectivity index (χ0) is 11.1. The Labute approximate surface area is 105 Å². The molecule has 0 aromatic heterocycles.